The van der Waals surface area contributed by atoms with E-state index in [0.29, 0.717) is 31.5 Å². The smallest absolute Gasteiger partial charge is 0.257 e. The normalized spacial score (nSPS) is 14.9. The molecule has 1 aliphatic rings. The lowest BCUT2D eigenvalue weighted by molar-refractivity contribution is -0.122. The SMILES string of the molecule is O=C(CCOc1ccccc1F)NC1CCN(C(=O)c2ccoc2)CC1. The number of likely N-dealkylation sites (tertiary alicyclic amines) is 1. The van der Waals surface area contributed by atoms with E-state index in [1.807, 2.05) is 0 Å². The van der Waals surface area contributed by atoms with Crippen LogP contribution in [-0.2, 0) is 4.79 Å². The van der Waals surface area contributed by atoms with Crippen LogP contribution in [0, 0.1) is 5.82 Å². The summed E-state index contributed by atoms with van der Waals surface area (Å²) in [6.45, 7) is 1.28. The van der Waals surface area contributed by atoms with Crippen molar-refractivity contribution in [1.29, 1.82) is 0 Å². The maximum Gasteiger partial charge on any atom is 0.257 e. The van der Waals surface area contributed by atoms with Crippen molar-refractivity contribution in [2.24, 2.45) is 0 Å². The van der Waals surface area contributed by atoms with Crippen molar-refractivity contribution >= 4 is 11.8 Å². The van der Waals surface area contributed by atoms with Gasteiger partial charge >= 0.3 is 0 Å². The number of amides is 2. The fourth-order valence-electron chi connectivity index (χ4n) is 2.91. The van der Waals surface area contributed by atoms with Crippen LogP contribution in [0.3, 0.4) is 0 Å². The number of para-hydroxylation sites is 1. The van der Waals surface area contributed by atoms with Crippen LogP contribution in [0.4, 0.5) is 4.39 Å². The molecule has 138 valence electrons. The number of carbonyl (C=O) groups excluding carboxylic acids is 2. The van der Waals surface area contributed by atoms with Gasteiger partial charge in [0.2, 0.25) is 5.91 Å². The third kappa shape index (κ3) is 4.62. The van der Waals surface area contributed by atoms with Crippen molar-refractivity contribution < 1.29 is 23.1 Å². The predicted octanol–water partition coefficient (Wildman–Crippen LogP) is 2.61. The molecular weight excluding hydrogens is 339 g/mol. The number of nitrogens with one attached hydrogen (secondary N) is 1. The largest absolute Gasteiger partial charge is 0.490 e. The topological polar surface area (TPSA) is 71.8 Å². The Balaban J connectivity index is 1.37. The van der Waals surface area contributed by atoms with Gasteiger partial charge in [-0.25, -0.2) is 4.39 Å². The Labute approximate surface area is 150 Å². The monoisotopic (exact) mass is 360 g/mol. The Kier molecular flexibility index (Phi) is 5.88. The Hall–Kier alpha value is -2.83. The van der Waals surface area contributed by atoms with Crippen molar-refractivity contribution in [2.45, 2.75) is 25.3 Å². The Morgan fingerprint density at radius 3 is 2.69 bits per heavy atom. The molecule has 1 fully saturated rings. The Morgan fingerprint density at radius 2 is 2.00 bits per heavy atom. The van der Waals surface area contributed by atoms with Crippen molar-refractivity contribution in [3.63, 3.8) is 0 Å². The van der Waals surface area contributed by atoms with E-state index in [1.54, 1.807) is 23.1 Å². The molecule has 2 aromatic rings. The first-order valence-corrected chi connectivity index (χ1v) is 8.61. The van der Waals surface area contributed by atoms with Crippen LogP contribution >= 0.6 is 0 Å². The fourth-order valence-corrected chi connectivity index (χ4v) is 2.91. The van der Waals surface area contributed by atoms with Gasteiger partial charge in [0, 0.05) is 19.1 Å². The molecule has 1 N–H and O–H groups in total. The highest BCUT2D eigenvalue weighted by Crippen LogP contribution is 2.16. The van der Waals surface area contributed by atoms with Gasteiger partial charge in [0.1, 0.15) is 6.26 Å². The number of rotatable bonds is 6. The average Bonchev–Trinajstić information content (AvgIpc) is 3.18. The molecule has 26 heavy (non-hydrogen) atoms. The van der Waals surface area contributed by atoms with Gasteiger partial charge in [0.25, 0.3) is 5.91 Å². The van der Waals surface area contributed by atoms with Gasteiger partial charge < -0.3 is 19.4 Å². The molecule has 2 heterocycles. The van der Waals surface area contributed by atoms with Gasteiger partial charge in [0.15, 0.2) is 11.6 Å². The molecule has 7 heteroatoms. The summed E-state index contributed by atoms with van der Waals surface area (Å²) in [6.07, 6.45) is 4.46. The van der Waals surface area contributed by atoms with Crippen LogP contribution in [0.2, 0.25) is 0 Å². The minimum absolute atomic E-state index is 0.0318. The highest BCUT2D eigenvalue weighted by Gasteiger charge is 2.25. The van der Waals surface area contributed by atoms with E-state index in [1.165, 1.54) is 24.7 Å². The van der Waals surface area contributed by atoms with Crippen molar-refractivity contribution in [3.8, 4) is 5.75 Å². The van der Waals surface area contributed by atoms with Crippen LogP contribution in [-0.4, -0.2) is 42.5 Å². The number of hydrogen-bond acceptors (Lipinski definition) is 4. The molecule has 1 aromatic heterocycles. The summed E-state index contributed by atoms with van der Waals surface area (Å²) in [7, 11) is 0. The lowest BCUT2D eigenvalue weighted by Gasteiger charge is -2.32. The summed E-state index contributed by atoms with van der Waals surface area (Å²) < 4.78 is 23.7. The number of hydrogen-bond donors (Lipinski definition) is 1. The van der Waals surface area contributed by atoms with Gasteiger partial charge in [-0.15, -0.1) is 0 Å². The third-order valence-corrected chi connectivity index (χ3v) is 4.34. The lowest BCUT2D eigenvalue weighted by atomic mass is 10.0. The number of halogens is 1. The molecule has 0 atom stereocenters. The molecule has 2 amide bonds. The molecule has 0 bridgehead atoms. The summed E-state index contributed by atoms with van der Waals surface area (Å²) in [6, 6.07) is 7.78. The first kappa shape index (κ1) is 18.0. The summed E-state index contributed by atoms with van der Waals surface area (Å²) in [5.74, 6) is -0.489. The number of carbonyl (C=O) groups is 2. The molecule has 1 aromatic carbocycles. The molecule has 0 aliphatic carbocycles. The molecule has 0 saturated carbocycles. The van der Waals surface area contributed by atoms with E-state index >= 15 is 0 Å². The Morgan fingerprint density at radius 1 is 1.23 bits per heavy atom. The zero-order valence-corrected chi connectivity index (χ0v) is 14.3. The summed E-state index contributed by atoms with van der Waals surface area (Å²) in [4.78, 5) is 26.0. The molecule has 0 unspecified atom stereocenters. The van der Waals surface area contributed by atoms with Crippen LogP contribution < -0.4 is 10.1 Å². The zero-order chi connectivity index (χ0) is 18.4. The van der Waals surface area contributed by atoms with Gasteiger partial charge in [-0.2, -0.15) is 0 Å². The lowest BCUT2D eigenvalue weighted by Crippen LogP contribution is -2.46. The summed E-state index contributed by atoms with van der Waals surface area (Å²) in [5.41, 5.74) is 0.540. The molecule has 0 radical (unpaired) electrons. The molecule has 6 nitrogen and oxygen atoms in total. The van der Waals surface area contributed by atoms with E-state index in [0.717, 1.165) is 0 Å². The second kappa shape index (κ2) is 8.51. The fraction of sp³-hybridized carbons (Fsp3) is 0.368. The molecule has 3 rings (SSSR count). The van der Waals surface area contributed by atoms with E-state index in [-0.39, 0.29) is 36.6 Å². The first-order chi connectivity index (χ1) is 12.6. The van der Waals surface area contributed by atoms with E-state index in [2.05, 4.69) is 5.32 Å². The first-order valence-electron chi connectivity index (χ1n) is 8.61. The summed E-state index contributed by atoms with van der Waals surface area (Å²) >= 11 is 0. The highest BCUT2D eigenvalue weighted by molar-refractivity contribution is 5.93. The van der Waals surface area contributed by atoms with Crippen LogP contribution in [0.1, 0.15) is 29.6 Å². The van der Waals surface area contributed by atoms with E-state index < -0.39 is 5.82 Å². The van der Waals surface area contributed by atoms with Gasteiger partial charge in [0.05, 0.1) is 24.9 Å². The zero-order valence-electron chi connectivity index (χ0n) is 14.3. The third-order valence-electron chi connectivity index (χ3n) is 4.34. The maximum absolute atomic E-state index is 13.4. The number of nitrogens with zero attached hydrogens (tertiary/aromatic N) is 1. The molecular formula is C19H21FN2O4. The predicted molar refractivity (Wildman–Crippen MR) is 92.3 cm³/mol. The number of furan rings is 1. The Bertz CT molecular complexity index is 740. The number of benzene rings is 1. The van der Waals surface area contributed by atoms with Gasteiger partial charge in [-0.3, -0.25) is 9.59 Å². The minimum Gasteiger partial charge on any atom is -0.490 e. The van der Waals surface area contributed by atoms with Crippen molar-refractivity contribution in [1.82, 2.24) is 10.2 Å². The van der Waals surface area contributed by atoms with Crippen molar-refractivity contribution in [3.05, 3.63) is 54.2 Å². The quantitative estimate of drug-likeness (QED) is 0.860. The second-order valence-electron chi connectivity index (χ2n) is 6.17. The summed E-state index contributed by atoms with van der Waals surface area (Å²) in [5, 5.41) is 2.94. The van der Waals surface area contributed by atoms with Crippen LogP contribution in [0.5, 0.6) is 5.75 Å². The average molecular weight is 360 g/mol. The molecule has 1 aliphatic heterocycles. The van der Waals surface area contributed by atoms with Crippen LogP contribution in [0.15, 0.2) is 47.3 Å². The van der Waals surface area contributed by atoms with E-state index in [9.17, 15) is 14.0 Å². The highest BCUT2D eigenvalue weighted by atomic mass is 19.1. The molecule has 1 saturated heterocycles. The van der Waals surface area contributed by atoms with E-state index in [4.69, 9.17) is 9.15 Å². The minimum atomic E-state index is -0.442. The second-order valence-corrected chi connectivity index (χ2v) is 6.17. The van der Waals surface area contributed by atoms with Gasteiger partial charge in [-0.1, -0.05) is 12.1 Å². The molecule has 0 spiro atoms. The number of piperidine rings is 1. The standard InChI is InChI=1S/C19H21FN2O4/c20-16-3-1-2-4-17(16)26-12-8-18(23)21-15-5-9-22(10-6-15)19(24)14-7-11-25-13-14/h1-4,7,11,13,15H,5-6,8-10,12H2,(H,21,23). The van der Waals surface area contributed by atoms with Crippen LogP contribution in [0.25, 0.3) is 0 Å². The maximum atomic E-state index is 13.4. The number of ether oxygens (including phenoxy) is 1. The van der Waals surface area contributed by atoms with Crippen molar-refractivity contribution in [2.75, 3.05) is 19.7 Å². The van der Waals surface area contributed by atoms with Gasteiger partial charge in [-0.05, 0) is 31.0 Å².